The lowest BCUT2D eigenvalue weighted by Gasteiger charge is -2.19. The van der Waals surface area contributed by atoms with Gasteiger partial charge in [-0.2, -0.15) is 0 Å². The van der Waals surface area contributed by atoms with Gasteiger partial charge >= 0.3 is 0 Å². The fourth-order valence-corrected chi connectivity index (χ4v) is 4.48. The second-order valence-electron chi connectivity index (χ2n) is 7.11. The topological polar surface area (TPSA) is 75.7 Å². The summed E-state index contributed by atoms with van der Waals surface area (Å²) >= 11 is 0. The van der Waals surface area contributed by atoms with E-state index < -0.39 is 10.0 Å². The van der Waals surface area contributed by atoms with Crippen LogP contribution in [0.2, 0.25) is 0 Å². The van der Waals surface area contributed by atoms with Crippen LogP contribution >= 0.6 is 0 Å². The minimum Gasteiger partial charge on any atom is -0.492 e. The van der Waals surface area contributed by atoms with Crippen molar-refractivity contribution in [2.45, 2.75) is 38.5 Å². The first-order valence-electron chi connectivity index (χ1n) is 9.39. The Hall–Kier alpha value is -2.38. The average molecular weight is 403 g/mol. The molecule has 7 heteroatoms. The minimum absolute atomic E-state index is 0.0837. The lowest BCUT2D eigenvalue weighted by molar-refractivity contribution is -0.117. The molecule has 1 fully saturated rings. The molecule has 0 aliphatic carbocycles. The fourth-order valence-electron chi connectivity index (χ4n) is 3.38. The maximum Gasteiger partial charge on any atom is 0.240 e. The fraction of sp³-hybridized carbons (Fsp3) is 0.381. The molecule has 1 N–H and O–H groups in total. The molecule has 1 aliphatic rings. The Kier molecular flexibility index (Phi) is 6.05. The summed E-state index contributed by atoms with van der Waals surface area (Å²) < 4.78 is 33.4. The van der Waals surface area contributed by atoms with Gasteiger partial charge in [0.1, 0.15) is 12.4 Å². The first kappa shape index (κ1) is 20.4. The number of ether oxygens (including phenoxy) is 1. The molecule has 2 aromatic rings. The molecule has 0 unspecified atom stereocenters. The summed E-state index contributed by atoms with van der Waals surface area (Å²) in [7, 11) is -3.64. The molecule has 1 saturated heterocycles. The van der Waals surface area contributed by atoms with Crippen molar-refractivity contribution >= 4 is 21.6 Å². The Labute approximate surface area is 166 Å². The van der Waals surface area contributed by atoms with Gasteiger partial charge in [-0.3, -0.25) is 4.79 Å². The van der Waals surface area contributed by atoms with Crippen molar-refractivity contribution in [3.05, 3.63) is 53.1 Å². The van der Waals surface area contributed by atoms with E-state index in [4.69, 9.17) is 4.74 Å². The predicted molar refractivity (Wildman–Crippen MR) is 109 cm³/mol. The number of nitrogens with one attached hydrogen (secondary N) is 1. The molecule has 0 radical (unpaired) electrons. The van der Waals surface area contributed by atoms with Crippen LogP contribution in [-0.2, 0) is 14.8 Å². The van der Waals surface area contributed by atoms with Crippen LogP contribution in [0, 0.1) is 20.8 Å². The Balaban J connectivity index is 1.61. The molecule has 2 aromatic carbocycles. The maximum absolute atomic E-state index is 12.6. The number of rotatable bonds is 7. The third kappa shape index (κ3) is 4.54. The zero-order chi connectivity index (χ0) is 20.3. The highest BCUT2D eigenvalue weighted by atomic mass is 32.2. The molecule has 6 nitrogen and oxygen atoms in total. The van der Waals surface area contributed by atoms with Gasteiger partial charge < -0.3 is 9.64 Å². The number of sulfonamides is 1. The van der Waals surface area contributed by atoms with Crippen molar-refractivity contribution in [2.75, 3.05) is 24.6 Å². The molecular formula is C21H26N2O4S. The van der Waals surface area contributed by atoms with Gasteiger partial charge in [0.15, 0.2) is 0 Å². The Morgan fingerprint density at radius 2 is 1.86 bits per heavy atom. The number of carbonyl (C=O) groups excluding carboxylic acids is 1. The lowest BCUT2D eigenvalue weighted by Crippen LogP contribution is -2.29. The number of hydrogen-bond donors (Lipinski definition) is 1. The van der Waals surface area contributed by atoms with E-state index >= 15 is 0 Å². The van der Waals surface area contributed by atoms with E-state index in [0.29, 0.717) is 13.0 Å². The van der Waals surface area contributed by atoms with E-state index in [0.717, 1.165) is 34.5 Å². The maximum atomic E-state index is 12.6. The summed E-state index contributed by atoms with van der Waals surface area (Å²) in [6, 6.07) is 10.7. The molecule has 0 spiro atoms. The number of nitrogens with zero attached hydrogens (tertiary/aromatic N) is 1. The standard InChI is InChI=1S/C21H26N2O4S/c1-15-6-9-20(17(3)13-15)27-12-10-22-28(25,26)18-7-8-19(16(2)14-18)23-11-4-5-21(23)24/h6-9,13-14,22H,4-5,10-12H2,1-3H3. The molecule has 1 amide bonds. The molecule has 0 aromatic heterocycles. The number of hydrogen-bond acceptors (Lipinski definition) is 4. The highest BCUT2D eigenvalue weighted by Crippen LogP contribution is 2.27. The van der Waals surface area contributed by atoms with Crippen LogP contribution in [0.4, 0.5) is 5.69 Å². The van der Waals surface area contributed by atoms with Crippen LogP contribution in [0.1, 0.15) is 29.5 Å². The van der Waals surface area contributed by atoms with Crippen molar-refractivity contribution in [1.82, 2.24) is 4.72 Å². The summed E-state index contributed by atoms with van der Waals surface area (Å²) in [5, 5.41) is 0. The summed E-state index contributed by atoms with van der Waals surface area (Å²) in [6.45, 7) is 6.88. The highest BCUT2D eigenvalue weighted by Gasteiger charge is 2.24. The van der Waals surface area contributed by atoms with Gasteiger partial charge in [-0.05, 0) is 62.6 Å². The Bertz CT molecular complexity index is 986. The SMILES string of the molecule is Cc1ccc(OCCNS(=O)(=O)c2ccc(N3CCCC3=O)c(C)c2)c(C)c1. The Morgan fingerprint density at radius 3 is 2.50 bits per heavy atom. The van der Waals surface area contributed by atoms with Crippen molar-refractivity contribution in [1.29, 1.82) is 0 Å². The molecule has 0 atom stereocenters. The van der Waals surface area contributed by atoms with Crippen molar-refractivity contribution < 1.29 is 17.9 Å². The molecular weight excluding hydrogens is 376 g/mol. The monoisotopic (exact) mass is 402 g/mol. The highest BCUT2D eigenvalue weighted by molar-refractivity contribution is 7.89. The van der Waals surface area contributed by atoms with Crippen molar-refractivity contribution in [2.24, 2.45) is 0 Å². The van der Waals surface area contributed by atoms with Crippen molar-refractivity contribution in [3.63, 3.8) is 0 Å². The van der Waals surface area contributed by atoms with E-state index in [9.17, 15) is 13.2 Å². The molecule has 150 valence electrons. The molecule has 1 aliphatic heterocycles. The molecule has 28 heavy (non-hydrogen) atoms. The quantitative estimate of drug-likeness (QED) is 0.722. The van der Waals surface area contributed by atoms with Gasteiger partial charge in [0, 0.05) is 25.2 Å². The molecule has 3 rings (SSSR count). The second-order valence-corrected chi connectivity index (χ2v) is 8.88. The van der Waals surface area contributed by atoms with Crippen LogP contribution < -0.4 is 14.4 Å². The Morgan fingerprint density at radius 1 is 1.07 bits per heavy atom. The van der Waals surface area contributed by atoms with Gasteiger partial charge in [0.05, 0.1) is 4.90 Å². The van der Waals surface area contributed by atoms with E-state index in [1.807, 2.05) is 39.0 Å². The van der Waals surface area contributed by atoms with E-state index in [1.54, 1.807) is 23.1 Å². The third-order valence-electron chi connectivity index (χ3n) is 4.82. The number of anilines is 1. The minimum atomic E-state index is -3.64. The molecule has 1 heterocycles. The average Bonchev–Trinajstić information content (AvgIpc) is 3.06. The van der Waals surface area contributed by atoms with Gasteiger partial charge in [-0.25, -0.2) is 13.1 Å². The summed E-state index contributed by atoms with van der Waals surface area (Å²) in [6.07, 6.45) is 1.38. The van der Waals surface area contributed by atoms with Crippen LogP contribution in [0.5, 0.6) is 5.75 Å². The number of carbonyl (C=O) groups is 1. The first-order valence-corrected chi connectivity index (χ1v) is 10.9. The third-order valence-corrected chi connectivity index (χ3v) is 6.28. The lowest BCUT2D eigenvalue weighted by atomic mass is 10.1. The van der Waals surface area contributed by atoms with Gasteiger partial charge in [0.2, 0.25) is 15.9 Å². The summed E-state index contributed by atoms with van der Waals surface area (Å²) in [4.78, 5) is 13.8. The molecule has 0 bridgehead atoms. The van der Waals surface area contributed by atoms with Crippen LogP contribution in [0.25, 0.3) is 0 Å². The second kappa shape index (κ2) is 8.32. The normalized spacial score (nSPS) is 14.5. The first-order chi connectivity index (χ1) is 13.3. The van der Waals surface area contributed by atoms with Crippen molar-refractivity contribution in [3.8, 4) is 5.75 Å². The van der Waals surface area contributed by atoms with E-state index in [2.05, 4.69) is 4.72 Å². The van der Waals surface area contributed by atoms with E-state index in [1.165, 1.54) is 0 Å². The summed E-state index contributed by atoms with van der Waals surface area (Å²) in [5.41, 5.74) is 3.72. The number of amides is 1. The van der Waals surface area contributed by atoms with Crippen LogP contribution in [0.3, 0.4) is 0 Å². The largest absolute Gasteiger partial charge is 0.492 e. The zero-order valence-electron chi connectivity index (χ0n) is 16.5. The van der Waals surface area contributed by atoms with Gasteiger partial charge in [0.25, 0.3) is 0 Å². The van der Waals surface area contributed by atoms with Crippen LogP contribution in [-0.4, -0.2) is 34.0 Å². The zero-order valence-corrected chi connectivity index (χ0v) is 17.3. The summed E-state index contributed by atoms with van der Waals surface area (Å²) in [5.74, 6) is 0.834. The smallest absolute Gasteiger partial charge is 0.240 e. The van der Waals surface area contributed by atoms with Gasteiger partial charge in [-0.15, -0.1) is 0 Å². The van der Waals surface area contributed by atoms with Gasteiger partial charge in [-0.1, -0.05) is 17.7 Å². The van der Waals surface area contributed by atoms with E-state index in [-0.39, 0.29) is 24.0 Å². The molecule has 0 saturated carbocycles. The number of aryl methyl sites for hydroxylation is 3. The predicted octanol–water partition coefficient (Wildman–Crippen LogP) is 3.10. The number of benzene rings is 2. The van der Waals surface area contributed by atoms with Crippen LogP contribution in [0.15, 0.2) is 41.3 Å².